The Labute approximate surface area is 134 Å². The van der Waals surface area contributed by atoms with Crippen molar-refractivity contribution >= 4 is 21.8 Å². The fourth-order valence-electron chi connectivity index (χ4n) is 1.74. The summed E-state index contributed by atoms with van der Waals surface area (Å²) in [5, 5.41) is 5.14. The molecular weight excluding hydrogens is 320 g/mol. The summed E-state index contributed by atoms with van der Waals surface area (Å²) in [5.41, 5.74) is 0.402. The lowest BCUT2D eigenvalue weighted by molar-refractivity contribution is 0.247. The molecule has 0 radical (unpaired) electrons. The maximum absolute atomic E-state index is 11.7. The van der Waals surface area contributed by atoms with Crippen molar-refractivity contribution < 1.29 is 22.5 Å². The number of carbonyl (C=O) groups excluding carboxylic acids is 1. The minimum absolute atomic E-state index is 0.236. The van der Waals surface area contributed by atoms with E-state index in [4.69, 9.17) is 9.29 Å². The molecule has 2 aromatic rings. The topological polar surface area (TPSA) is 105 Å². The van der Waals surface area contributed by atoms with Crippen molar-refractivity contribution in [2.45, 2.75) is 4.90 Å². The van der Waals surface area contributed by atoms with Crippen molar-refractivity contribution in [3.05, 3.63) is 54.6 Å². The van der Waals surface area contributed by atoms with Gasteiger partial charge in [-0.15, -0.1) is 0 Å². The fraction of sp³-hybridized carbons (Fsp3) is 0.133. The van der Waals surface area contributed by atoms with Gasteiger partial charge in [0.15, 0.2) is 0 Å². The van der Waals surface area contributed by atoms with E-state index in [2.05, 4.69) is 10.6 Å². The molecular formula is C15H16N2O5S. The Morgan fingerprint density at radius 1 is 1.04 bits per heavy atom. The van der Waals surface area contributed by atoms with Crippen LogP contribution in [0.25, 0.3) is 0 Å². The molecule has 0 aliphatic rings. The van der Waals surface area contributed by atoms with Crippen molar-refractivity contribution in [1.82, 2.24) is 5.32 Å². The number of rotatable bonds is 6. The van der Waals surface area contributed by atoms with Crippen LogP contribution in [0, 0.1) is 0 Å². The van der Waals surface area contributed by atoms with E-state index in [1.54, 1.807) is 0 Å². The number of nitrogens with one attached hydrogen (secondary N) is 2. The number of anilines is 1. The average Bonchev–Trinajstić information content (AvgIpc) is 2.52. The van der Waals surface area contributed by atoms with E-state index < -0.39 is 16.1 Å². The zero-order valence-corrected chi connectivity index (χ0v) is 12.9. The smallest absolute Gasteiger partial charge is 0.319 e. The Morgan fingerprint density at radius 3 is 2.30 bits per heavy atom. The normalized spacial score (nSPS) is 10.8. The number of hydrogen-bond acceptors (Lipinski definition) is 4. The Kier molecular flexibility index (Phi) is 5.56. The third kappa shape index (κ3) is 5.61. The molecule has 3 N–H and O–H groups in total. The summed E-state index contributed by atoms with van der Waals surface area (Å²) in [5.74, 6) is 0.718. The van der Waals surface area contributed by atoms with Gasteiger partial charge >= 0.3 is 6.03 Å². The van der Waals surface area contributed by atoms with Crippen LogP contribution in [0.2, 0.25) is 0 Å². The monoisotopic (exact) mass is 336 g/mol. The highest BCUT2D eigenvalue weighted by atomic mass is 32.2. The van der Waals surface area contributed by atoms with E-state index in [1.165, 1.54) is 24.3 Å². The predicted molar refractivity (Wildman–Crippen MR) is 85.2 cm³/mol. The van der Waals surface area contributed by atoms with Crippen LogP contribution in [-0.4, -0.2) is 32.2 Å². The van der Waals surface area contributed by atoms with E-state index in [1.807, 2.05) is 30.3 Å². The lowest BCUT2D eigenvalue weighted by Crippen LogP contribution is -2.32. The third-order valence-corrected chi connectivity index (χ3v) is 3.68. The second kappa shape index (κ2) is 7.61. The molecule has 23 heavy (non-hydrogen) atoms. The molecule has 0 bridgehead atoms. The van der Waals surface area contributed by atoms with Crippen LogP contribution in [-0.2, 0) is 10.1 Å². The van der Waals surface area contributed by atoms with Gasteiger partial charge in [-0.25, -0.2) is 4.79 Å². The summed E-state index contributed by atoms with van der Waals surface area (Å²) in [4.78, 5) is 11.4. The summed E-state index contributed by atoms with van der Waals surface area (Å²) in [6.45, 7) is 0.628. The summed E-state index contributed by atoms with van der Waals surface area (Å²) in [7, 11) is -4.24. The number of amides is 2. The standard InChI is InChI=1S/C15H16N2O5S/c18-15(16-10-11-22-13-4-2-1-3-5-13)17-12-6-8-14(9-7-12)23(19,20)21/h1-9H,10-11H2,(H2,16,17,18)(H,19,20,21). The van der Waals surface area contributed by atoms with Gasteiger partial charge in [-0.1, -0.05) is 18.2 Å². The van der Waals surface area contributed by atoms with Gasteiger partial charge in [0.2, 0.25) is 0 Å². The maximum atomic E-state index is 11.7. The Bertz CT molecular complexity index is 745. The first kappa shape index (κ1) is 16.8. The van der Waals surface area contributed by atoms with Gasteiger partial charge in [-0.2, -0.15) is 8.42 Å². The average molecular weight is 336 g/mol. The first-order valence-corrected chi connectivity index (χ1v) is 8.19. The van der Waals surface area contributed by atoms with Gasteiger partial charge in [-0.3, -0.25) is 4.55 Å². The molecule has 0 saturated carbocycles. The van der Waals surface area contributed by atoms with E-state index >= 15 is 0 Å². The molecule has 0 saturated heterocycles. The van der Waals surface area contributed by atoms with Gasteiger partial charge in [0, 0.05) is 5.69 Å². The second-order valence-electron chi connectivity index (χ2n) is 4.54. The highest BCUT2D eigenvalue weighted by Crippen LogP contribution is 2.13. The lowest BCUT2D eigenvalue weighted by atomic mass is 10.3. The van der Waals surface area contributed by atoms with Gasteiger partial charge in [0.25, 0.3) is 10.1 Å². The summed E-state index contributed by atoms with van der Waals surface area (Å²) < 4.78 is 36.1. The van der Waals surface area contributed by atoms with Crippen molar-refractivity contribution in [2.75, 3.05) is 18.5 Å². The van der Waals surface area contributed by atoms with Gasteiger partial charge < -0.3 is 15.4 Å². The van der Waals surface area contributed by atoms with E-state index in [9.17, 15) is 13.2 Å². The maximum Gasteiger partial charge on any atom is 0.319 e. The highest BCUT2D eigenvalue weighted by molar-refractivity contribution is 7.85. The summed E-state index contributed by atoms with van der Waals surface area (Å²) in [6, 6.07) is 13.9. The number of para-hydroxylation sites is 1. The van der Waals surface area contributed by atoms with Crippen LogP contribution in [0.5, 0.6) is 5.75 Å². The number of urea groups is 1. The van der Waals surface area contributed by atoms with Crippen LogP contribution in [0.15, 0.2) is 59.5 Å². The van der Waals surface area contributed by atoms with Crippen LogP contribution in [0.1, 0.15) is 0 Å². The third-order valence-electron chi connectivity index (χ3n) is 2.81. The highest BCUT2D eigenvalue weighted by Gasteiger charge is 2.09. The van der Waals surface area contributed by atoms with Crippen LogP contribution in [0.3, 0.4) is 0 Å². The van der Waals surface area contributed by atoms with Gasteiger partial charge in [-0.05, 0) is 36.4 Å². The molecule has 2 amide bonds. The van der Waals surface area contributed by atoms with Crippen LogP contribution >= 0.6 is 0 Å². The molecule has 0 aliphatic heterocycles. The first-order chi connectivity index (χ1) is 10.9. The van der Waals surface area contributed by atoms with E-state index in [0.717, 1.165) is 5.75 Å². The molecule has 0 unspecified atom stereocenters. The van der Waals surface area contributed by atoms with E-state index in [0.29, 0.717) is 18.8 Å². The summed E-state index contributed by atoms with van der Waals surface area (Å²) in [6.07, 6.45) is 0. The molecule has 0 spiro atoms. The molecule has 0 fully saturated rings. The number of carbonyl (C=O) groups is 1. The van der Waals surface area contributed by atoms with Gasteiger partial charge in [0.1, 0.15) is 12.4 Å². The van der Waals surface area contributed by atoms with E-state index in [-0.39, 0.29) is 4.90 Å². The predicted octanol–water partition coefficient (Wildman–Crippen LogP) is 2.13. The SMILES string of the molecule is O=C(NCCOc1ccccc1)Nc1ccc(S(=O)(=O)O)cc1. The van der Waals surface area contributed by atoms with Crippen molar-refractivity contribution in [2.24, 2.45) is 0 Å². The molecule has 0 heterocycles. The Morgan fingerprint density at radius 2 is 1.70 bits per heavy atom. The molecule has 0 aromatic heterocycles. The van der Waals surface area contributed by atoms with Gasteiger partial charge in [0.05, 0.1) is 11.4 Å². The van der Waals surface area contributed by atoms with Crippen molar-refractivity contribution in [1.29, 1.82) is 0 Å². The minimum Gasteiger partial charge on any atom is -0.492 e. The lowest BCUT2D eigenvalue weighted by Gasteiger charge is -2.09. The molecule has 8 heteroatoms. The molecule has 7 nitrogen and oxygen atoms in total. The van der Waals surface area contributed by atoms with Crippen LogP contribution in [0.4, 0.5) is 10.5 Å². The second-order valence-corrected chi connectivity index (χ2v) is 5.96. The molecule has 2 rings (SSSR count). The minimum atomic E-state index is -4.24. The zero-order valence-electron chi connectivity index (χ0n) is 12.1. The first-order valence-electron chi connectivity index (χ1n) is 6.75. The zero-order chi connectivity index (χ0) is 16.7. The summed E-state index contributed by atoms with van der Waals surface area (Å²) >= 11 is 0. The quantitative estimate of drug-likeness (QED) is 0.554. The Hall–Kier alpha value is -2.58. The fourth-order valence-corrected chi connectivity index (χ4v) is 2.22. The van der Waals surface area contributed by atoms with Crippen molar-refractivity contribution in [3.63, 3.8) is 0 Å². The number of hydrogen-bond donors (Lipinski definition) is 3. The molecule has 122 valence electrons. The van der Waals surface area contributed by atoms with Crippen molar-refractivity contribution in [3.8, 4) is 5.75 Å². The molecule has 0 atom stereocenters. The number of ether oxygens (including phenoxy) is 1. The Balaban J connectivity index is 1.74. The molecule has 0 aliphatic carbocycles. The molecule has 2 aromatic carbocycles. The largest absolute Gasteiger partial charge is 0.492 e. The number of benzene rings is 2. The van der Waals surface area contributed by atoms with Crippen LogP contribution < -0.4 is 15.4 Å².